The van der Waals surface area contributed by atoms with Crippen LogP contribution < -0.4 is 0 Å². The topological polar surface area (TPSA) is 26.3 Å². The van der Waals surface area contributed by atoms with Crippen molar-refractivity contribution in [1.29, 1.82) is 0 Å². The van der Waals surface area contributed by atoms with Gasteiger partial charge in [-0.2, -0.15) is 0 Å². The molecule has 1 aromatic carbocycles. The minimum absolute atomic E-state index is 0.0224. The lowest BCUT2D eigenvalue weighted by atomic mass is 10.0. The third-order valence-corrected chi connectivity index (χ3v) is 2.99. The van der Waals surface area contributed by atoms with Crippen molar-refractivity contribution >= 4 is 29.0 Å². The van der Waals surface area contributed by atoms with Gasteiger partial charge in [0.1, 0.15) is 6.10 Å². The van der Waals surface area contributed by atoms with Gasteiger partial charge in [-0.15, -0.1) is 0 Å². The molecule has 0 heterocycles. The molecule has 0 spiro atoms. The van der Waals surface area contributed by atoms with Crippen LogP contribution in [-0.4, -0.2) is 19.0 Å². The van der Waals surface area contributed by atoms with Gasteiger partial charge in [0.05, 0.1) is 0 Å². The zero-order chi connectivity index (χ0) is 12.1. The molecule has 0 radical (unpaired) electrons. The number of hydrogen-bond donors (Lipinski definition) is 0. The van der Waals surface area contributed by atoms with Gasteiger partial charge in [-0.1, -0.05) is 30.1 Å². The Morgan fingerprint density at radius 1 is 1.44 bits per heavy atom. The van der Waals surface area contributed by atoms with Crippen LogP contribution in [0.2, 0.25) is 10.0 Å². The number of carbonyl (C=O) groups excluding carboxylic acids is 1. The molecular weight excluding hydrogens is 247 g/mol. The zero-order valence-electron chi connectivity index (χ0n) is 9.30. The predicted octanol–water partition coefficient (Wildman–Crippen LogP) is 3.53. The average molecular weight is 261 g/mol. The molecule has 1 rings (SSSR count). The summed E-state index contributed by atoms with van der Waals surface area (Å²) < 4.78 is 5.08. The van der Waals surface area contributed by atoms with E-state index in [1.54, 1.807) is 18.2 Å². The summed E-state index contributed by atoms with van der Waals surface area (Å²) in [6.45, 7) is 1.91. The van der Waals surface area contributed by atoms with Gasteiger partial charge in [0.2, 0.25) is 0 Å². The number of hydrogen-bond acceptors (Lipinski definition) is 2. The molecule has 0 bridgehead atoms. The summed E-state index contributed by atoms with van der Waals surface area (Å²) in [5.41, 5.74) is 0.745. The maximum atomic E-state index is 11.8. The summed E-state index contributed by atoms with van der Waals surface area (Å²) >= 11 is 11.8. The van der Waals surface area contributed by atoms with Crippen molar-refractivity contribution in [1.82, 2.24) is 0 Å². The second-order valence-electron chi connectivity index (χ2n) is 3.51. The summed E-state index contributed by atoms with van der Waals surface area (Å²) in [5.74, 6) is 0.0224. The summed E-state index contributed by atoms with van der Waals surface area (Å²) in [7, 11) is 1.53. The van der Waals surface area contributed by atoms with E-state index in [9.17, 15) is 4.79 Å². The second-order valence-corrected chi connectivity index (χ2v) is 4.36. The van der Waals surface area contributed by atoms with Gasteiger partial charge >= 0.3 is 0 Å². The number of Topliss-reactive ketones (excluding diaryl/α,β-unsaturated/α-hetero) is 1. The van der Waals surface area contributed by atoms with Gasteiger partial charge in [0, 0.05) is 23.6 Å². The standard InChI is InChI=1S/C12H14Cl2O2/c1-3-12(16-2)11(15)7-8-6-9(13)4-5-10(8)14/h4-6,12H,3,7H2,1-2H3. The largest absolute Gasteiger partial charge is 0.374 e. The number of carbonyl (C=O) groups is 1. The lowest BCUT2D eigenvalue weighted by molar-refractivity contribution is -0.128. The third-order valence-electron chi connectivity index (χ3n) is 2.39. The number of methoxy groups -OCH3 is 1. The van der Waals surface area contributed by atoms with Gasteiger partial charge < -0.3 is 4.74 Å². The summed E-state index contributed by atoms with van der Waals surface area (Å²) in [6, 6.07) is 5.11. The quantitative estimate of drug-likeness (QED) is 0.810. The Morgan fingerprint density at radius 2 is 2.12 bits per heavy atom. The first-order chi connectivity index (χ1) is 7.58. The van der Waals surface area contributed by atoms with Crippen LogP contribution in [0.4, 0.5) is 0 Å². The van der Waals surface area contributed by atoms with Gasteiger partial charge in [0.15, 0.2) is 5.78 Å². The van der Waals surface area contributed by atoms with E-state index in [0.29, 0.717) is 16.5 Å². The molecule has 4 heteroatoms. The molecule has 0 saturated carbocycles. The Balaban J connectivity index is 2.80. The highest BCUT2D eigenvalue weighted by Gasteiger charge is 2.17. The van der Waals surface area contributed by atoms with Crippen LogP contribution in [0.5, 0.6) is 0 Å². The summed E-state index contributed by atoms with van der Waals surface area (Å²) in [6.07, 6.45) is 0.550. The number of rotatable bonds is 5. The molecule has 0 aliphatic heterocycles. The lowest BCUT2D eigenvalue weighted by Gasteiger charge is -2.12. The monoisotopic (exact) mass is 260 g/mol. The van der Waals surface area contributed by atoms with Crippen molar-refractivity contribution < 1.29 is 9.53 Å². The van der Waals surface area contributed by atoms with Crippen molar-refractivity contribution in [2.24, 2.45) is 0 Å². The fraction of sp³-hybridized carbons (Fsp3) is 0.417. The van der Waals surface area contributed by atoms with Crippen molar-refractivity contribution in [2.75, 3.05) is 7.11 Å². The average Bonchev–Trinajstić information content (AvgIpc) is 2.25. The van der Waals surface area contributed by atoms with Crippen LogP contribution in [0.25, 0.3) is 0 Å². The van der Waals surface area contributed by atoms with E-state index in [1.165, 1.54) is 7.11 Å². The van der Waals surface area contributed by atoms with Crippen molar-refractivity contribution in [3.05, 3.63) is 33.8 Å². The molecule has 0 aliphatic carbocycles. The van der Waals surface area contributed by atoms with Crippen molar-refractivity contribution in [3.8, 4) is 0 Å². The van der Waals surface area contributed by atoms with Crippen LogP contribution in [0.15, 0.2) is 18.2 Å². The lowest BCUT2D eigenvalue weighted by Crippen LogP contribution is -2.23. The van der Waals surface area contributed by atoms with Gasteiger partial charge in [-0.3, -0.25) is 4.79 Å². The second kappa shape index (κ2) is 6.24. The minimum atomic E-state index is -0.366. The number of benzene rings is 1. The molecule has 0 fully saturated rings. The maximum Gasteiger partial charge on any atom is 0.165 e. The molecule has 1 atom stereocenters. The van der Waals surface area contributed by atoms with Crippen LogP contribution in [0.1, 0.15) is 18.9 Å². The highest BCUT2D eigenvalue weighted by Crippen LogP contribution is 2.21. The van der Waals surface area contributed by atoms with E-state index in [4.69, 9.17) is 27.9 Å². The van der Waals surface area contributed by atoms with Crippen molar-refractivity contribution in [3.63, 3.8) is 0 Å². The van der Waals surface area contributed by atoms with Crippen molar-refractivity contribution in [2.45, 2.75) is 25.9 Å². The van der Waals surface area contributed by atoms with Gasteiger partial charge in [-0.05, 0) is 30.2 Å². The first-order valence-electron chi connectivity index (χ1n) is 5.08. The highest BCUT2D eigenvalue weighted by atomic mass is 35.5. The van der Waals surface area contributed by atoms with E-state index < -0.39 is 0 Å². The fourth-order valence-electron chi connectivity index (χ4n) is 1.51. The van der Waals surface area contributed by atoms with E-state index in [0.717, 1.165) is 5.56 Å². The Morgan fingerprint density at radius 3 is 2.69 bits per heavy atom. The zero-order valence-corrected chi connectivity index (χ0v) is 10.8. The van der Waals surface area contributed by atoms with Gasteiger partial charge in [-0.25, -0.2) is 0 Å². The first kappa shape index (κ1) is 13.5. The molecule has 0 aliphatic rings. The summed E-state index contributed by atoms with van der Waals surface area (Å²) in [4.78, 5) is 11.8. The molecule has 2 nitrogen and oxygen atoms in total. The highest BCUT2D eigenvalue weighted by molar-refractivity contribution is 6.33. The third kappa shape index (κ3) is 3.48. The predicted molar refractivity (Wildman–Crippen MR) is 66.3 cm³/mol. The maximum absolute atomic E-state index is 11.8. The van der Waals surface area contributed by atoms with Gasteiger partial charge in [0.25, 0.3) is 0 Å². The van der Waals surface area contributed by atoms with Crippen LogP contribution >= 0.6 is 23.2 Å². The molecule has 88 valence electrons. The van der Waals surface area contributed by atoms with E-state index in [1.807, 2.05) is 6.92 Å². The number of ether oxygens (including phenoxy) is 1. The number of halogens is 2. The molecule has 1 unspecified atom stereocenters. The molecule has 0 saturated heterocycles. The SMILES string of the molecule is CCC(OC)C(=O)Cc1cc(Cl)ccc1Cl. The van der Waals surface area contributed by atoms with E-state index >= 15 is 0 Å². The minimum Gasteiger partial charge on any atom is -0.374 e. The normalized spacial score (nSPS) is 12.5. The molecule has 0 N–H and O–H groups in total. The first-order valence-corrected chi connectivity index (χ1v) is 5.83. The molecule has 1 aromatic rings. The molecule has 16 heavy (non-hydrogen) atoms. The van der Waals surface area contributed by atoms with Crippen LogP contribution in [0.3, 0.4) is 0 Å². The van der Waals surface area contributed by atoms with E-state index in [-0.39, 0.29) is 18.3 Å². The molecule has 0 aromatic heterocycles. The molecular formula is C12H14Cl2O2. The smallest absolute Gasteiger partial charge is 0.165 e. The Hall–Kier alpha value is -0.570. The van der Waals surface area contributed by atoms with Crippen LogP contribution in [0, 0.1) is 0 Å². The number of ketones is 1. The Bertz CT molecular complexity index is 373. The summed E-state index contributed by atoms with van der Waals surface area (Å²) in [5, 5.41) is 1.14. The Labute approximate surface area is 106 Å². The molecule has 0 amide bonds. The fourth-order valence-corrected chi connectivity index (χ4v) is 1.89. The van der Waals surface area contributed by atoms with E-state index in [2.05, 4.69) is 0 Å². The van der Waals surface area contributed by atoms with Crippen LogP contribution in [-0.2, 0) is 16.0 Å². The Kier molecular flexibility index (Phi) is 5.26.